The van der Waals surface area contributed by atoms with Crippen molar-refractivity contribution in [2.24, 2.45) is 0 Å². The first-order valence-corrected chi connectivity index (χ1v) is 9.55. The number of nitrogens with one attached hydrogen (secondary N) is 1. The van der Waals surface area contributed by atoms with Crippen LogP contribution < -0.4 is 10.1 Å². The van der Waals surface area contributed by atoms with E-state index in [4.69, 9.17) is 4.74 Å². The number of benzene rings is 1. The van der Waals surface area contributed by atoms with E-state index in [1.807, 2.05) is 29.2 Å². The number of aryl methyl sites for hydroxylation is 1. The van der Waals surface area contributed by atoms with Crippen LogP contribution in [0.1, 0.15) is 31.2 Å². The van der Waals surface area contributed by atoms with E-state index in [-0.39, 0.29) is 17.7 Å². The van der Waals surface area contributed by atoms with Gasteiger partial charge in [-0.25, -0.2) is 0 Å². The van der Waals surface area contributed by atoms with Gasteiger partial charge >= 0.3 is 0 Å². The molecule has 1 atom stereocenters. The third-order valence-corrected chi connectivity index (χ3v) is 5.22. The maximum atomic E-state index is 12.6. The summed E-state index contributed by atoms with van der Waals surface area (Å²) in [7, 11) is 1.63. The molecule has 2 aliphatic rings. The summed E-state index contributed by atoms with van der Waals surface area (Å²) < 4.78 is 5.22. The Kier molecular flexibility index (Phi) is 6.32. The topological polar surface area (TPSA) is 79.0 Å². The highest BCUT2D eigenvalue weighted by atomic mass is 16.5. The molecule has 1 N–H and O–H groups in total. The molecule has 0 radical (unpaired) electrons. The molecule has 2 aliphatic heterocycles. The lowest BCUT2D eigenvalue weighted by atomic mass is 10.1. The molecule has 2 saturated heterocycles. The number of ether oxygens (including phenoxy) is 1. The summed E-state index contributed by atoms with van der Waals surface area (Å²) in [5, 5.41) is 2.73. The minimum absolute atomic E-state index is 0.0217. The van der Waals surface area contributed by atoms with Gasteiger partial charge in [0.2, 0.25) is 17.7 Å². The Morgan fingerprint density at radius 3 is 2.70 bits per heavy atom. The molecule has 3 amide bonds. The maximum absolute atomic E-state index is 12.6. The normalized spacial score (nSPS) is 20.2. The maximum Gasteiger partial charge on any atom is 0.245 e. The van der Waals surface area contributed by atoms with Crippen LogP contribution in [0.5, 0.6) is 5.75 Å². The largest absolute Gasteiger partial charge is 0.497 e. The molecular weight excluding hydrogens is 346 g/mol. The van der Waals surface area contributed by atoms with Gasteiger partial charge in [0.1, 0.15) is 11.8 Å². The van der Waals surface area contributed by atoms with Crippen molar-refractivity contribution in [3.8, 4) is 5.75 Å². The minimum Gasteiger partial charge on any atom is -0.497 e. The van der Waals surface area contributed by atoms with Gasteiger partial charge in [-0.2, -0.15) is 0 Å². The van der Waals surface area contributed by atoms with Crippen molar-refractivity contribution in [1.29, 1.82) is 0 Å². The monoisotopic (exact) mass is 373 g/mol. The fraction of sp³-hybridized carbons (Fsp3) is 0.550. The first-order valence-electron chi connectivity index (χ1n) is 9.55. The van der Waals surface area contributed by atoms with Crippen LogP contribution in [0.15, 0.2) is 24.3 Å². The van der Waals surface area contributed by atoms with Crippen molar-refractivity contribution >= 4 is 17.7 Å². The van der Waals surface area contributed by atoms with Crippen LogP contribution in [0.4, 0.5) is 0 Å². The van der Waals surface area contributed by atoms with Crippen LogP contribution in [0.3, 0.4) is 0 Å². The summed E-state index contributed by atoms with van der Waals surface area (Å²) in [6, 6.07) is 7.36. The van der Waals surface area contributed by atoms with E-state index < -0.39 is 6.04 Å². The molecule has 146 valence electrons. The molecule has 7 heteroatoms. The van der Waals surface area contributed by atoms with Gasteiger partial charge in [-0.15, -0.1) is 0 Å². The molecule has 1 unspecified atom stereocenters. The third-order valence-electron chi connectivity index (χ3n) is 5.22. The van der Waals surface area contributed by atoms with Gasteiger partial charge in [0.15, 0.2) is 0 Å². The molecule has 0 aliphatic carbocycles. The van der Waals surface area contributed by atoms with Gasteiger partial charge in [0, 0.05) is 39.0 Å². The van der Waals surface area contributed by atoms with Gasteiger partial charge in [-0.1, -0.05) is 12.1 Å². The van der Waals surface area contributed by atoms with Gasteiger partial charge in [-0.3, -0.25) is 14.4 Å². The number of amides is 3. The molecule has 0 bridgehead atoms. The molecule has 0 aromatic heterocycles. The third kappa shape index (κ3) is 4.99. The smallest absolute Gasteiger partial charge is 0.245 e. The molecular formula is C20H27N3O4. The number of nitrogens with zero attached hydrogens (tertiary/aromatic N) is 2. The van der Waals surface area contributed by atoms with Crippen LogP contribution in [0, 0.1) is 0 Å². The number of methoxy groups -OCH3 is 1. The molecule has 2 fully saturated rings. The Morgan fingerprint density at radius 1 is 1.19 bits per heavy atom. The zero-order chi connectivity index (χ0) is 19.2. The van der Waals surface area contributed by atoms with Crippen molar-refractivity contribution in [3.63, 3.8) is 0 Å². The average molecular weight is 373 g/mol. The van der Waals surface area contributed by atoms with Crippen molar-refractivity contribution < 1.29 is 19.1 Å². The van der Waals surface area contributed by atoms with Gasteiger partial charge in [0.05, 0.1) is 7.11 Å². The molecule has 0 spiro atoms. The Hall–Kier alpha value is -2.57. The zero-order valence-corrected chi connectivity index (χ0v) is 15.8. The Bertz CT molecular complexity index is 706. The summed E-state index contributed by atoms with van der Waals surface area (Å²) >= 11 is 0. The van der Waals surface area contributed by atoms with Crippen LogP contribution in [-0.4, -0.2) is 66.9 Å². The zero-order valence-electron chi connectivity index (χ0n) is 15.8. The lowest BCUT2D eigenvalue weighted by Gasteiger charge is -2.24. The lowest BCUT2D eigenvalue weighted by Crippen LogP contribution is -2.46. The van der Waals surface area contributed by atoms with Crippen LogP contribution >= 0.6 is 0 Å². The predicted octanol–water partition coefficient (Wildman–Crippen LogP) is 0.967. The molecule has 2 heterocycles. The van der Waals surface area contributed by atoms with E-state index >= 15 is 0 Å². The van der Waals surface area contributed by atoms with Gasteiger partial charge in [-0.05, 0) is 37.0 Å². The van der Waals surface area contributed by atoms with Gasteiger partial charge < -0.3 is 19.9 Å². The highest BCUT2D eigenvalue weighted by molar-refractivity contribution is 5.90. The van der Waals surface area contributed by atoms with Gasteiger partial charge in [0.25, 0.3) is 0 Å². The van der Waals surface area contributed by atoms with Crippen molar-refractivity contribution in [1.82, 2.24) is 15.1 Å². The summed E-state index contributed by atoms with van der Waals surface area (Å²) in [4.78, 5) is 40.1. The first-order chi connectivity index (χ1) is 13.1. The molecule has 3 rings (SSSR count). The van der Waals surface area contributed by atoms with Crippen molar-refractivity contribution in [2.75, 3.05) is 33.3 Å². The van der Waals surface area contributed by atoms with Crippen molar-refractivity contribution in [3.05, 3.63) is 29.8 Å². The highest BCUT2D eigenvalue weighted by Gasteiger charge is 2.31. The van der Waals surface area contributed by atoms with E-state index in [1.165, 1.54) is 0 Å². The second-order valence-electron chi connectivity index (χ2n) is 7.07. The summed E-state index contributed by atoms with van der Waals surface area (Å²) in [5.74, 6) is 0.827. The predicted molar refractivity (Wildman–Crippen MR) is 100 cm³/mol. The molecule has 1 aromatic carbocycles. The first kappa shape index (κ1) is 19.2. The fourth-order valence-electron chi connectivity index (χ4n) is 3.64. The molecule has 7 nitrogen and oxygen atoms in total. The minimum atomic E-state index is -0.396. The van der Waals surface area contributed by atoms with E-state index in [0.717, 1.165) is 17.7 Å². The standard InChI is InChI=1S/C20H27N3O4/c1-27-16-5-2-4-15(14-16)6-9-19(25)22-10-3-11-23(13-12-22)20(26)17-7-8-18(24)21-17/h2,4-5,14,17H,3,6-13H2,1H3,(H,21,24). The number of rotatable bonds is 5. The SMILES string of the molecule is COc1cccc(CCC(=O)N2CCCN(C(=O)C3CCC(=O)N3)CC2)c1. The quantitative estimate of drug-likeness (QED) is 0.834. The molecule has 1 aromatic rings. The second-order valence-corrected chi connectivity index (χ2v) is 7.07. The number of hydrogen-bond acceptors (Lipinski definition) is 4. The summed E-state index contributed by atoms with van der Waals surface area (Å²) in [5.41, 5.74) is 1.08. The van der Waals surface area contributed by atoms with E-state index in [9.17, 15) is 14.4 Å². The van der Waals surface area contributed by atoms with Crippen LogP contribution in [0.25, 0.3) is 0 Å². The van der Waals surface area contributed by atoms with Crippen molar-refractivity contribution in [2.45, 2.75) is 38.1 Å². The summed E-state index contributed by atoms with van der Waals surface area (Å²) in [6.45, 7) is 2.36. The molecule has 27 heavy (non-hydrogen) atoms. The summed E-state index contributed by atoms with van der Waals surface area (Å²) in [6.07, 6.45) is 2.86. The number of carbonyl (C=O) groups excluding carboxylic acids is 3. The molecule has 0 saturated carbocycles. The van der Waals surface area contributed by atoms with Crippen LogP contribution in [0.2, 0.25) is 0 Å². The van der Waals surface area contributed by atoms with E-state index in [1.54, 1.807) is 12.0 Å². The Labute approximate surface area is 159 Å². The fourth-order valence-corrected chi connectivity index (χ4v) is 3.64. The Balaban J connectivity index is 1.49. The highest BCUT2D eigenvalue weighted by Crippen LogP contribution is 2.16. The second kappa shape index (κ2) is 8.88. The number of carbonyl (C=O) groups is 3. The van der Waals surface area contributed by atoms with Crippen LogP contribution in [-0.2, 0) is 20.8 Å². The van der Waals surface area contributed by atoms with E-state index in [0.29, 0.717) is 51.9 Å². The Morgan fingerprint density at radius 2 is 1.96 bits per heavy atom. The lowest BCUT2D eigenvalue weighted by molar-refractivity contribution is -0.135. The number of hydrogen-bond donors (Lipinski definition) is 1. The van der Waals surface area contributed by atoms with E-state index in [2.05, 4.69) is 5.32 Å². The average Bonchev–Trinajstić information content (AvgIpc) is 2.97.